The monoisotopic (exact) mass is 510 g/mol. The number of amidine groups is 1. The molecule has 34 heavy (non-hydrogen) atoms. The van der Waals surface area contributed by atoms with Gasteiger partial charge in [0.25, 0.3) is 0 Å². The molecular weight excluding hydrogens is 492 g/mol. The van der Waals surface area contributed by atoms with E-state index in [2.05, 4.69) is 25.4 Å². The van der Waals surface area contributed by atoms with Crippen molar-refractivity contribution >= 4 is 37.5 Å². The Balaban J connectivity index is 0.00000289. The van der Waals surface area contributed by atoms with Gasteiger partial charge >= 0.3 is 65.2 Å². The van der Waals surface area contributed by atoms with Gasteiger partial charge in [-0.15, -0.1) is 0 Å². The van der Waals surface area contributed by atoms with E-state index in [1.165, 1.54) is 18.3 Å². The number of anilines is 1. The standard InChI is InChI=1S/C18H20FN6O6P.2Na/c1-21-24-17(7-20)23-16-5-2-11(8-22-16)14-4-3-12(6-15(14)19)25-9-13(31-18(25)26)10-30-32(27,28)29;;/h2-8,13,20-21H,9-10H2,1H3,(H,22,23,24)(H2,27,28,29);;/q;2*+1/p-2/t13-;;/m1../s1. The predicted octanol–water partition coefficient (Wildman–Crippen LogP) is -5.53. The molecule has 1 amide bonds. The number of phosphoric ester groups is 1. The largest absolute Gasteiger partial charge is 1.00 e. The molecule has 0 bridgehead atoms. The summed E-state index contributed by atoms with van der Waals surface area (Å²) in [5.41, 5.74) is 6.17. The predicted molar refractivity (Wildman–Crippen MR) is 109 cm³/mol. The first-order valence-electron chi connectivity index (χ1n) is 9.13. The molecule has 0 aliphatic carbocycles. The Morgan fingerprint density at radius 3 is 2.71 bits per heavy atom. The summed E-state index contributed by atoms with van der Waals surface area (Å²) in [6.45, 7) is -0.723. The van der Waals surface area contributed by atoms with Crippen LogP contribution in [0.5, 0.6) is 0 Å². The zero-order valence-corrected chi connectivity index (χ0v) is 23.5. The number of amides is 1. The first-order chi connectivity index (χ1) is 15.2. The number of carbonyl (C=O) groups excluding carboxylic acids is 1. The summed E-state index contributed by atoms with van der Waals surface area (Å²) in [5, 5.41) is 7.27. The molecule has 16 heteroatoms. The van der Waals surface area contributed by atoms with Gasteiger partial charge in [0.2, 0.25) is 0 Å². The van der Waals surface area contributed by atoms with E-state index in [-0.39, 0.29) is 82.7 Å². The van der Waals surface area contributed by atoms with Crippen molar-refractivity contribution in [3.05, 3.63) is 42.3 Å². The van der Waals surface area contributed by atoms with Crippen LogP contribution in [0.1, 0.15) is 0 Å². The summed E-state index contributed by atoms with van der Waals surface area (Å²) in [5.74, 6) is -0.0905. The summed E-state index contributed by atoms with van der Waals surface area (Å²) >= 11 is 0. The minimum absolute atomic E-state index is 0. The number of rotatable bonds is 8. The van der Waals surface area contributed by atoms with Crippen molar-refractivity contribution in [1.29, 1.82) is 5.41 Å². The number of carbonyl (C=O) groups is 1. The molecule has 170 valence electrons. The number of hydrogen-bond acceptors (Lipinski definition) is 10. The number of aliphatic imine (C=N–C) groups is 1. The van der Waals surface area contributed by atoms with Crippen LogP contribution in [0.4, 0.5) is 20.7 Å². The van der Waals surface area contributed by atoms with Crippen molar-refractivity contribution in [1.82, 2.24) is 15.8 Å². The average Bonchev–Trinajstić information content (AvgIpc) is 3.13. The van der Waals surface area contributed by atoms with Gasteiger partial charge in [0.05, 0.1) is 32.9 Å². The van der Waals surface area contributed by atoms with E-state index in [1.54, 1.807) is 19.2 Å². The van der Waals surface area contributed by atoms with Gasteiger partial charge in [0, 0.05) is 24.4 Å². The molecule has 1 aliphatic rings. The number of phosphoric acid groups is 1. The van der Waals surface area contributed by atoms with Crippen LogP contribution in [0.15, 0.2) is 41.5 Å². The maximum absolute atomic E-state index is 14.8. The van der Waals surface area contributed by atoms with E-state index < -0.39 is 32.4 Å². The number of nitrogens with one attached hydrogen (secondary N) is 3. The third-order valence-corrected chi connectivity index (χ3v) is 4.71. The summed E-state index contributed by atoms with van der Waals surface area (Å²) in [7, 11) is -3.58. The molecule has 1 fully saturated rings. The van der Waals surface area contributed by atoms with Crippen LogP contribution in [-0.4, -0.2) is 49.4 Å². The van der Waals surface area contributed by atoms with E-state index in [1.807, 2.05) is 0 Å². The van der Waals surface area contributed by atoms with Gasteiger partial charge in [-0.2, -0.15) is 0 Å². The number of nitrogens with zero attached hydrogens (tertiary/aromatic N) is 3. The second-order valence-corrected chi connectivity index (χ2v) is 7.60. The van der Waals surface area contributed by atoms with E-state index in [9.17, 15) is 23.5 Å². The van der Waals surface area contributed by atoms with Gasteiger partial charge in [-0.25, -0.2) is 24.6 Å². The minimum atomic E-state index is -5.20. The number of aromatic nitrogens is 1. The normalized spacial score (nSPS) is 15.8. The zero-order valence-electron chi connectivity index (χ0n) is 18.6. The van der Waals surface area contributed by atoms with Gasteiger partial charge in [-0.1, -0.05) is 0 Å². The van der Waals surface area contributed by atoms with Crippen LogP contribution >= 0.6 is 7.82 Å². The third kappa shape index (κ3) is 8.47. The van der Waals surface area contributed by atoms with Crippen LogP contribution in [0.25, 0.3) is 11.1 Å². The quantitative estimate of drug-likeness (QED) is 0.103. The number of cyclic esters (lactones) is 1. The Bertz CT molecular complexity index is 1090. The summed E-state index contributed by atoms with van der Waals surface area (Å²) in [6.07, 6.45) is 0.616. The van der Waals surface area contributed by atoms with Crippen molar-refractivity contribution in [3.63, 3.8) is 0 Å². The van der Waals surface area contributed by atoms with Crippen LogP contribution < -0.4 is 84.7 Å². The Morgan fingerprint density at radius 2 is 2.15 bits per heavy atom. The Labute approximate surface area is 238 Å². The van der Waals surface area contributed by atoms with Crippen LogP contribution in [0.2, 0.25) is 0 Å². The molecular formula is C18H18FN6Na2O6P. The molecule has 1 aromatic carbocycles. The summed E-state index contributed by atoms with van der Waals surface area (Å²) in [4.78, 5) is 42.5. The van der Waals surface area contributed by atoms with Crippen molar-refractivity contribution in [2.45, 2.75) is 6.10 Å². The van der Waals surface area contributed by atoms with Crippen molar-refractivity contribution in [2.24, 2.45) is 4.99 Å². The molecule has 0 unspecified atom stereocenters. The van der Waals surface area contributed by atoms with E-state index in [4.69, 9.17) is 10.1 Å². The topological polar surface area (TPSA) is 175 Å². The van der Waals surface area contributed by atoms with E-state index >= 15 is 0 Å². The smallest absolute Gasteiger partial charge is 0.790 e. The Hall–Kier alpha value is -1.22. The molecule has 1 aliphatic heterocycles. The number of halogens is 1. The van der Waals surface area contributed by atoms with Gasteiger partial charge in [0.1, 0.15) is 11.9 Å². The fourth-order valence-corrected chi connectivity index (χ4v) is 3.21. The van der Waals surface area contributed by atoms with Crippen molar-refractivity contribution in [2.75, 3.05) is 25.1 Å². The summed E-state index contributed by atoms with van der Waals surface area (Å²) in [6, 6.07) is 7.23. The molecule has 1 saturated heterocycles. The molecule has 3 N–H and O–H groups in total. The fraction of sp³-hybridized carbons (Fsp3) is 0.222. The molecule has 0 spiro atoms. The molecule has 1 atom stereocenters. The second kappa shape index (κ2) is 13.8. The fourth-order valence-electron chi connectivity index (χ4n) is 2.86. The van der Waals surface area contributed by atoms with E-state index in [0.29, 0.717) is 11.4 Å². The molecule has 2 aromatic rings. The second-order valence-electron chi connectivity index (χ2n) is 6.44. The zero-order chi connectivity index (χ0) is 23.3. The molecule has 12 nitrogen and oxygen atoms in total. The van der Waals surface area contributed by atoms with Crippen LogP contribution in [-0.2, 0) is 13.8 Å². The van der Waals surface area contributed by atoms with Crippen LogP contribution in [0, 0.1) is 11.2 Å². The van der Waals surface area contributed by atoms with Crippen molar-refractivity contribution in [3.8, 4) is 11.1 Å². The molecule has 0 saturated carbocycles. The average molecular weight is 510 g/mol. The number of ether oxygens (including phenoxy) is 1. The van der Waals surface area contributed by atoms with Gasteiger partial charge in [0.15, 0.2) is 11.7 Å². The molecule has 3 rings (SSSR count). The van der Waals surface area contributed by atoms with E-state index in [0.717, 1.165) is 17.2 Å². The maximum Gasteiger partial charge on any atom is 1.00 e. The number of hydrogen-bond donors (Lipinski definition) is 3. The maximum atomic E-state index is 14.8. The molecule has 2 heterocycles. The molecule has 1 aromatic heterocycles. The van der Waals surface area contributed by atoms with Crippen LogP contribution in [0.3, 0.4) is 0 Å². The first kappa shape index (κ1) is 30.8. The number of benzene rings is 1. The van der Waals surface area contributed by atoms with Crippen molar-refractivity contribution < 1.29 is 91.9 Å². The number of hydrazine groups is 1. The van der Waals surface area contributed by atoms with Gasteiger partial charge in [-0.05, 0) is 30.3 Å². The SMILES string of the molecule is CNNC(C=N)=Nc1ccc(-c2ccc(N3C[C@H](COP(=O)([O-])[O-])OC3=O)cc2F)cn1.[Na+].[Na+]. The Morgan fingerprint density at radius 1 is 1.41 bits per heavy atom. The molecule has 0 radical (unpaired) electrons. The van der Waals surface area contributed by atoms with Gasteiger partial charge < -0.3 is 34.4 Å². The Kier molecular flexibility index (Phi) is 12.5. The van der Waals surface area contributed by atoms with Gasteiger partial charge in [-0.3, -0.25) is 4.90 Å². The number of pyridine rings is 1. The minimum Gasteiger partial charge on any atom is -0.790 e. The first-order valence-corrected chi connectivity index (χ1v) is 10.6. The third-order valence-electron chi connectivity index (χ3n) is 4.24. The summed E-state index contributed by atoms with van der Waals surface area (Å²) < 4.78 is 34.4.